The van der Waals surface area contributed by atoms with E-state index in [9.17, 15) is 0 Å². The summed E-state index contributed by atoms with van der Waals surface area (Å²) >= 11 is 0. The summed E-state index contributed by atoms with van der Waals surface area (Å²) in [4.78, 5) is 4.87. The highest BCUT2D eigenvalue weighted by atomic mass is 16.3. The Bertz CT molecular complexity index is 3070. The molecule has 2 aromatic heterocycles. The van der Waals surface area contributed by atoms with Gasteiger partial charge in [0.2, 0.25) is 0 Å². The summed E-state index contributed by atoms with van der Waals surface area (Å²) in [6.45, 7) is 9.51. The van der Waals surface area contributed by atoms with Crippen LogP contribution in [0.1, 0.15) is 49.9 Å². The van der Waals surface area contributed by atoms with Gasteiger partial charge in [-0.05, 0) is 118 Å². The van der Waals surface area contributed by atoms with Crippen LogP contribution in [-0.2, 0) is 10.8 Å². The lowest BCUT2D eigenvalue weighted by Crippen LogP contribution is -2.31. The van der Waals surface area contributed by atoms with Crippen LogP contribution in [0.15, 0.2) is 179 Å². The lowest BCUT2D eigenvalue weighted by atomic mass is 9.70. The van der Waals surface area contributed by atoms with Gasteiger partial charge in [0.05, 0.1) is 22.7 Å². The van der Waals surface area contributed by atoms with Crippen molar-refractivity contribution in [1.82, 2.24) is 0 Å². The number of benzene rings is 8. The van der Waals surface area contributed by atoms with Gasteiger partial charge in [0, 0.05) is 43.7 Å². The van der Waals surface area contributed by atoms with E-state index in [1.165, 1.54) is 66.9 Å². The molecular formula is C54H40N2O2. The highest BCUT2D eigenvalue weighted by molar-refractivity contribution is 6.12. The average molecular weight is 749 g/mol. The van der Waals surface area contributed by atoms with Crippen molar-refractivity contribution in [3.63, 3.8) is 0 Å². The molecule has 0 aliphatic carbocycles. The smallest absolute Gasteiger partial charge is 0.135 e. The second kappa shape index (κ2) is 11.7. The van der Waals surface area contributed by atoms with E-state index in [4.69, 9.17) is 8.83 Å². The number of para-hydroxylation sites is 4. The second-order valence-electron chi connectivity index (χ2n) is 16.9. The fraction of sp³-hybridized carbons (Fsp3) is 0.111. The normalized spacial score (nSPS) is 15.1. The van der Waals surface area contributed by atoms with E-state index in [1.807, 2.05) is 0 Å². The summed E-state index contributed by atoms with van der Waals surface area (Å²) in [6.07, 6.45) is 0. The van der Waals surface area contributed by atoms with Gasteiger partial charge >= 0.3 is 0 Å². The van der Waals surface area contributed by atoms with Crippen molar-refractivity contribution in [3.05, 3.63) is 192 Å². The number of rotatable bonds is 3. The molecule has 0 unspecified atom stereocenters. The monoisotopic (exact) mass is 748 g/mol. The Morgan fingerprint density at radius 2 is 0.741 bits per heavy atom. The molecule has 10 aromatic rings. The van der Waals surface area contributed by atoms with E-state index in [0.717, 1.165) is 44.5 Å². The number of hydrogen-bond donors (Lipinski definition) is 0. The van der Waals surface area contributed by atoms with E-state index in [1.54, 1.807) is 0 Å². The molecule has 4 heterocycles. The van der Waals surface area contributed by atoms with Gasteiger partial charge in [0.25, 0.3) is 0 Å². The molecule has 0 saturated carbocycles. The Labute approximate surface area is 337 Å². The molecule has 0 amide bonds. The zero-order chi connectivity index (χ0) is 38.9. The molecule has 12 rings (SSSR count). The molecule has 0 saturated heterocycles. The third-order valence-electron chi connectivity index (χ3n) is 13.0. The van der Waals surface area contributed by atoms with E-state index < -0.39 is 0 Å². The number of anilines is 6. The molecule has 0 bridgehead atoms. The van der Waals surface area contributed by atoms with Gasteiger partial charge in [-0.1, -0.05) is 113 Å². The van der Waals surface area contributed by atoms with Crippen LogP contribution in [0.25, 0.3) is 55.0 Å². The van der Waals surface area contributed by atoms with Crippen LogP contribution >= 0.6 is 0 Å². The third kappa shape index (κ3) is 4.46. The highest BCUT2D eigenvalue weighted by Crippen LogP contribution is 2.58. The number of furan rings is 2. The summed E-state index contributed by atoms with van der Waals surface area (Å²) in [5.41, 5.74) is 17.5. The fourth-order valence-electron chi connectivity index (χ4n) is 10.3. The average Bonchev–Trinajstić information content (AvgIpc) is 3.83. The van der Waals surface area contributed by atoms with Crippen LogP contribution in [0.2, 0.25) is 0 Å². The summed E-state index contributed by atoms with van der Waals surface area (Å²) < 4.78 is 13.0. The first kappa shape index (κ1) is 33.1. The van der Waals surface area contributed by atoms with Crippen molar-refractivity contribution in [2.75, 3.05) is 9.80 Å². The van der Waals surface area contributed by atoms with Gasteiger partial charge in [0.15, 0.2) is 0 Å². The molecule has 0 atom stereocenters. The maximum absolute atomic E-state index is 6.49. The minimum Gasteiger partial charge on any atom is -0.456 e. The topological polar surface area (TPSA) is 32.8 Å². The molecular weight excluding hydrogens is 709 g/mol. The van der Waals surface area contributed by atoms with E-state index in [-0.39, 0.29) is 10.8 Å². The summed E-state index contributed by atoms with van der Waals surface area (Å²) in [5, 5.41) is 4.66. The van der Waals surface area contributed by atoms with Crippen LogP contribution < -0.4 is 9.80 Å². The van der Waals surface area contributed by atoms with Gasteiger partial charge in [-0.25, -0.2) is 0 Å². The molecule has 2 aliphatic rings. The fourth-order valence-corrected chi connectivity index (χ4v) is 10.3. The van der Waals surface area contributed by atoms with Crippen LogP contribution in [-0.4, -0.2) is 0 Å². The number of hydrogen-bond acceptors (Lipinski definition) is 4. The molecule has 278 valence electrons. The van der Waals surface area contributed by atoms with Gasteiger partial charge in [-0.15, -0.1) is 0 Å². The van der Waals surface area contributed by atoms with Crippen LogP contribution in [0.3, 0.4) is 0 Å². The lowest BCUT2D eigenvalue weighted by molar-refractivity contribution is 0.633. The second-order valence-corrected chi connectivity index (χ2v) is 16.9. The maximum atomic E-state index is 6.49. The van der Waals surface area contributed by atoms with Gasteiger partial charge < -0.3 is 18.6 Å². The van der Waals surface area contributed by atoms with Crippen molar-refractivity contribution < 1.29 is 8.83 Å². The minimum atomic E-state index is -0.345. The predicted octanol–water partition coefficient (Wildman–Crippen LogP) is 15.4. The molecule has 4 nitrogen and oxygen atoms in total. The van der Waals surface area contributed by atoms with E-state index in [2.05, 4.69) is 207 Å². The minimum absolute atomic E-state index is 0.345. The predicted molar refractivity (Wildman–Crippen MR) is 240 cm³/mol. The molecule has 4 heteroatoms. The zero-order valence-corrected chi connectivity index (χ0v) is 32.9. The van der Waals surface area contributed by atoms with Crippen molar-refractivity contribution in [1.29, 1.82) is 0 Å². The van der Waals surface area contributed by atoms with Crippen LogP contribution in [0.4, 0.5) is 34.1 Å². The van der Waals surface area contributed by atoms with Crippen molar-refractivity contribution in [3.8, 4) is 11.1 Å². The molecule has 2 aliphatic heterocycles. The van der Waals surface area contributed by atoms with Crippen molar-refractivity contribution in [2.24, 2.45) is 0 Å². The Morgan fingerprint density at radius 3 is 1.17 bits per heavy atom. The molecule has 0 fully saturated rings. The van der Waals surface area contributed by atoms with Gasteiger partial charge in [-0.2, -0.15) is 0 Å². The molecule has 0 spiro atoms. The third-order valence-corrected chi connectivity index (χ3v) is 13.0. The summed E-state index contributed by atoms with van der Waals surface area (Å²) in [7, 11) is 0. The van der Waals surface area contributed by atoms with Crippen molar-refractivity contribution >= 4 is 78.0 Å². The quantitative estimate of drug-likeness (QED) is 0.180. The molecule has 58 heavy (non-hydrogen) atoms. The summed E-state index contributed by atoms with van der Waals surface area (Å²) in [6, 6.07) is 61.3. The Morgan fingerprint density at radius 1 is 0.362 bits per heavy atom. The number of fused-ring (bicyclic) bond motifs is 12. The Balaban J connectivity index is 1.08. The van der Waals surface area contributed by atoms with Crippen LogP contribution in [0.5, 0.6) is 0 Å². The first-order valence-electron chi connectivity index (χ1n) is 20.2. The van der Waals surface area contributed by atoms with E-state index >= 15 is 0 Å². The molecule has 0 radical (unpaired) electrons. The highest BCUT2D eigenvalue weighted by Gasteiger charge is 2.42. The largest absolute Gasteiger partial charge is 0.456 e. The van der Waals surface area contributed by atoms with Crippen LogP contribution in [0, 0.1) is 0 Å². The lowest BCUT2D eigenvalue weighted by Gasteiger charge is -2.43. The number of nitrogens with zero attached hydrogens (tertiary/aromatic N) is 2. The van der Waals surface area contributed by atoms with Crippen molar-refractivity contribution in [2.45, 2.75) is 38.5 Å². The first-order chi connectivity index (χ1) is 28.3. The zero-order valence-electron chi connectivity index (χ0n) is 32.9. The van der Waals surface area contributed by atoms with E-state index in [0.29, 0.717) is 0 Å². The first-order valence-corrected chi connectivity index (χ1v) is 20.2. The molecule has 0 N–H and O–H groups in total. The maximum Gasteiger partial charge on any atom is 0.135 e. The SMILES string of the molecule is CC1(C)c2cc(-c3ccc4c(c3)C(C)(C)c3c(ccc5oc6ccccc6c35)N4c3ccccc3)ccc2N(c2ccccc2)c2ccc3oc4ccccc4c3c21. The Hall–Kier alpha value is -7.04. The Kier molecular flexibility index (Phi) is 6.71. The standard InChI is InChI=1S/C54H40N2O2/c1-53(2)39-31-33(23-25-41(39)55(35-15-7-5-8-16-35)43-27-29-47-49(51(43)53)37-19-11-13-21-45(37)57-47)34-24-26-42-40(32-34)54(3,4)52-44(56(42)36-17-9-6-10-18-36)28-30-48-50(52)38-20-12-14-22-46(38)58-48/h5-32H,1-4H3. The molecule has 8 aromatic carbocycles. The summed E-state index contributed by atoms with van der Waals surface area (Å²) in [5.74, 6) is 0. The van der Waals surface area contributed by atoms with Gasteiger partial charge in [-0.3, -0.25) is 0 Å². The van der Waals surface area contributed by atoms with Gasteiger partial charge in [0.1, 0.15) is 22.3 Å².